The van der Waals surface area contributed by atoms with E-state index < -0.39 is 6.09 Å². The van der Waals surface area contributed by atoms with E-state index in [0.29, 0.717) is 31.0 Å². The van der Waals surface area contributed by atoms with Crippen LogP contribution in [-0.2, 0) is 6.54 Å². The summed E-state index contributed by atoms with van der Waals surface area (Å²) < 4.78 is 11.3. The monoisotopic (exact) mass is 410 g/mol. The number of amides is 2. The summed E-state index contributed by atoms with van der Waals surface area (Å²) in [4.78, 5) is 25.1. The van der Waals surface area contributed by atoms with Gasteiger partial charge in [0.1, 0.15) is 11.5 Å². The summed E-state index contributed by atoms with van der Waals surface area (Å²) in [6.07, 6.45) is -0.186. The SMILES string of the molecule is COc1ccc([C@@H]2C[C@@H](C)N(C(=O)O)C[C@@H]2COc2ccc3c(c2)C(=O)NC3)cc1. The Hall–Kier alpha value is -3.22. The molecule has 0 aliphatic carbocycles. The number of piperidine rings is 1. The normalized spacial score (nSPS) is 22.9. The molecule has 0 unspecified atom stereocenters. The molecule has 1 saturated heterocycles. The number of carboxylic acid groups (broad SMARTS) is 1. The van der Waals surface area contributed by atoms with Gasteiger partial charge in [-0.2, -0.15) is 0 Å². The third-order valence-corrected chi connectivity index (χ3v) is 6.15. The van der Waals surface area contributed by atoms with Gasteiger partial charge in [0.2, 0.25) is 0 Å². The molecule has 0 bridgehead atoms. The lowest BCUT2D eigenvalue weighted by atomic mass is 9.78. The topological polar surface area (TPSA) is 88.1 Å². The van der Waals surface area contributed by atoms with Gasteiger partial charge in [0.05, 0.1) is 13.7 Å². The molecule has 2 heterocycles. The number of ether oxygens (including phenoxy) is 2. The number of likely N-dealkylation sites (tertiary alicyclic amines) is 1. The molecule has 0 radical (unpaired) electrons. The number of carbonyl (C=O) groups excluding carboxylic acids is 1. The summed E-state index contributed by atoms with van der Waals surface area (Å²) in [6.45, 7) is 3.26. The standard InChI is InChI=1S/C23H26N2O5/c1-14-9-20(15-3-6-18(29-2)7-4-15)17(12-25(14)23(27)28)13-30-19-8-5-16-11-24-22(26)21(16)10-19/h3-8,10,14,17,20H,9,11-13H2,1-2H3,(H,24,26)(H,27,28)/t14-,17-,20+/m1/s1. The van der Waals surface area contributed by atoms with Crippen LogP contribution in [0.4, 0.5) is 4.79 Å². The molecular weight excluding hydrogens is 384 g/mol. The van der Waals surface area contributed by atoms with Gasteiger partial charge in [0.25, 0.3) is 5.91 Å². The fraction of sp³-hybridized carbons (Fsp3) is 0.391. The van der Waals surface area contributed by atoms with Crippen molar-refractivity contribution in [2.75, 3.05) is 20.3 Å². The highest BCUT2D eigenvalue weighted by Crippen LogP contribution is 2.37. The zero-order valence-electron chi connectivity index (χ0n) is 17.1. The van der Waals surface area contributed by atoms with Gasteiger partial charge in [-0.05, 0) is 54.7 Å². The molecule has 4 rings (SSSR count). The van der Waals surface area contributed by atoms with Crippen LogP contribution in [0.1, 0.15) is 40.7 Å². The Balaban J connectivity index is 1.54. The second-order valence-electron chi connectivity index (χ2n) is 7.97. The van der Waals surface area contributed by atoms with E-state index in [9.17, 15) is 14.7 Å². The number of rotatable bonds is 5. The van der Waals surface area contributed by atoms with Crippen molar-refractivity contribution in [1.82, 2.24) is 10.2 Å². The molecule has 2 amide bonds. The lowest BCUT2D eigenvalue weighted by Crippen LogP contribution is -2.49. The van der Waals surface area contributed by atoms with E-state index in [1.807, 2.05) is 43.3 Å². The van der Waals surface area contributed by atoms with Crippen LogP contribution in [-0.4, -0.2) is 48.3 Å². The average Bonchev–Trinajstić information content (AvgIpc) is 3.12. The Labute approximate surface area is 175 Å². The van der Waals surface area contributed by atoms with Crippen molar-refractivity contribution in [3.8, 4) is 11.5 Å². The lowest BCUT2D eigenvalue weighted by Gasteiger charge is -2.41. The first-order valence-corrected chi connectivity index (χ1v) is 10.1. The number of fused-ring (bicyclic) bond motifs is 1. The number of hydrogen-bond acceptors (Lipinski definition) is 4. The molecule has 7 nitrogen and oxygen atoms in total. The van der Waals surface area contributed by atoms with Crippen LogP contribution < -0.4 is 14.8 Å². The minimum absolute atomic E-state index is 0.00669. The molecule has 2 aliphatic heterocycles. The van der Waals surface area contributed by atoms with E-state index >= 15 is 0 Å². The molecular formula is C23H26N2O5. The van der Waals surface area contributed by atoms with Crippen molar-refractivity contribution in [1.29, 1.82) is 0 Å². The maximum Gasteiger partial charge on any atom is 0.407 e. The van der Waals surface area contributed by atoms with Gasteiger partial charge >= 0.3 is 6.09 Å². The number of benzene rings is 2. The third kappa shape index (κ3) is 3.92. The van der Waals surface area contributed by atoms with Crippen molar-refractivity contribution < 1.29 is 24.2 Å². The van der Waals surface area contributed by atoms with Crippen LogP contribution in [0.5, 0.6) is 11.5 Å². The lowest BCUT2D eigenvalue weighted by molar-refractivity contribution is 0.0660. The number of nitrogens with zero attached hydrogens (tertiary/aromatic N) is 1. The predicted molar refractivity (Wildman–Crippen MR) is 111 cm³/mol. The number of nitrogens with one attached hydrogen (secondary N) is 1. The molecule has 0 saturated carbocycles. The maximum atomic E-state index is 11.9. The highest BCUT2D eigenvalue weighted by atomic mass is 16.5. The Kier molecular flexibility index (Phi) is 5.53. The van der Waals surface area contributed by atoms with Crippen molar-refractivity contribution in [2.24, 2.45) is 5.92 Å². The summed E-state index contributed by atoms with van der Waals surface area (Å²) >= 11 is 0. The zero-order valence-corrected chi connectivity index (χ0v) is 17.1. The van der Waals surface area contributed by atoms with E-state index in [0.717, 1.165) is 23.3 Å². The van der Waals surface area contributed by atoms with E-state index in [2.05, 4.69) is 5.32 Å². The highest BCUT2D eigenvalue weighted by molar-refractivity contribution is 5.98. The molecule has 0 spiro atoms. The molecule has 1 fully saturated rings. The summed E-state index contributed by atoms with van der Waals surface area (Å²) in [5.74, 6) is 1.49. The molecule has 2 aromatic rings. The second-order valence-corrected chi connectivity index (χ2v) is 7.97. The predicted octanol–water partition coefficient (Wildman–Crippen LogP) is 3.49. The molecule has 7 heteroatoms. The molecule has 2 aromatic carbocycles. The van der Waals surface area contributed by atoms with Gasteiger partial charge in [-0.25, -0.2) is 4.79 Å². The van der Waals surface area contributed by atoms with Crippen LogP contribution >= 0.6 is 0 Å². The Morgan fingerprint density at radius 2 is 1.93 bits per heavy atom. The largest absolute Gasteiger partial charge is 0.497 e. The maximum absolute atomic E-state index is 11.9. The van der Waals surface area contributed by atoms with E-state index in [-0.39, 0.29) is 23.8 Å². The van der Waals surface area contributed by atoms with E-state index in [1.54, 1.807) is 13.2 Å². The molecule has 2 aliphatic rings. The van der Waals surface area contributed by atoms with Gasteiger partial charge in [0, 0.05) is 30.6 Å². The molecule has 2 N–H and O–H groups in total. The first-order valence-electron chi connectivity index (χ1n) is 10.1. The fourth-order valence-corrected chi connectivity index (χ4v) is 4.43. The number of carbonyl (C=O) groups is 2. The van der Waals surface area contributed by atoms with E-state index in [1.165, 1.54) is 4.90 Å². The Morgan fingerprint density at radius 1 is 1.20 bits per heavy atom. The third-order valence-electron chi connectivity index (χ3n) is 6.15. The van der Waals surface area contributed by atoms with Crippen molar-refractivity contribution in [2.45, 2.75) is 31.8 Å². The molecule has 158 valence electrons. The van der Waals surface area contributed by atoms with Crippen LogP contribution in [0.25, 0.3) is 0 Å². The average molecular weight is 410 g/mol. The zero-order chi connectivity index (χ0) is 21.3. The van der Waals surface area contributed by atoms with Crippen molar-refractivity contribution >= 4 is 12.0 Å². The number of hydrogen-bond donors (Lipinski definition) is 2. The highest BCUT2D eigenvalue weighted by Gasteiger charge is 2.37. The minimum Gasteiger partial charge on any atom is -0.497 e. The summed E-state index contributed by atoms with van der Waals surface area (Å²) in [6, 6.07) is 13.4. The summed E-state index contributed by atoms with van der Waals surface area (Å²) in [5, 5.41) is 12.4. The van der Waals surface area contributed by atoms with Gasteiger partial charge < -0.3 is 24.8 Å². The molecule has 3 atom stereocenters. The molecule has 30 heavy (non-hydrogen) atoms. The van der Waals surface area contributed by atoms with Crippen molar-refractivity contribution in [3.63, 3.8) is 0 Å². The van der Waals surface area contributed by atoms with Crippen LogP contribution in [0.3, 0.4) is 0 Å². The van der Waals surface area contributed by atoms with Crippen LogP contribution in [0, 0.1) is 5.92 Å². The Bertz CT molecular complexity index is 943. The summed E-state index contributed by atoms with van der Waals surface area (Å²) in [5.41, 5.74) is 2.75. The smallest absolute Gasteiger partial charge is 0.407 e. The van der Waals surface area contributed by atoms with Gasteiger partial charge in [-0.3, -0.25) is 4.79 Å². The summed E-state index contributed by atoms with van der Waals surface area (Å²) in [7, 11) is 1.63. The van der Waals surface area contributed by atoms with Crippen LogP contribution in [0.15, 0.2) is 42.5 Å². The van der Waals surface area contributed by atoms with E-state index in [4.69, 9.17) is 9.47 Å². The fourth-order valence-electron chi connectivity index (χ4n) is 4.43. The molecule has 0 aromatic heterocycles. The first-order chi connectivity index (χ1) is 14.5. The first kappa shape index (κ1) is 20.1. The number of methoxy groups -OCH3 is 1. The van der Waals surface area contributed by atoms with Gasteiger partial charge in [-0.15, -0.1) is 0 Å². The Morgan fingerprint density at radius 3 is 2.63 bits per heavy atom. The minimum atomic E-state index is -0.908. The quantitative estimate of drug-likeness (QED) is 0.788. The second kappa shape index (κ2) is 8.26. The van der Waals surface area contributed by atoms with Crippen molar-refractivity contribution in [3.05, 3.63) is 59.2 Å². The van der Waals surface area contributed by atoms with Crippen LogP contribution in [0.2, 0.25) is 0 Å². The van der Waals surface area contributed by atoms with Gasteiger partial charge in [0.15, 0.2) is 0 Å². The van der Waals surface area contributed by atoms with Gasteiger partial charge in [-0.1, -0.05) is 18.2 Å².